The third kappa shape index (κ3) is 5.07. The van der Waals surface area contributed by atoms with E-state index in [1.54, 1.807) is 0 Å². The molecule has 2 aliphatic rings. The molecule has 2 N–H and O–H groups in total. The third-order valence-corrected chi connectivity index (χ3v) is 6.51. The van der Waals surface area contributed by atoms with Crippen molar-refractivity contribution in [1.82, 2.24) is 10.2 Å². The highest BCUT2D eigenvalue weighted by Gasteiger charge is 2.40. The summed E-state index contributed by atoms with van der Waals surface area (Å²) >= 11 is 0. The molecule has 1 fully saturated rings. The first-order chi connectivity index (χ1) is 16.4. The molecule has 2 aromatic carbocycles. The number of alkyl carbamates (subject to hydrolysis) is 1. The number of rotatable bonds is 8. The molecule has 1 aliphatic heterocycles. The van der Waals surface area contributed by atoms with E-state index in [0.717, 1.165) is 11.1 Å². The number of carbonyl (C=O) groups is 3. The van der Waals surface area contributed by atoms with Crippen LogP contribution in [-0.4, -0.2) is 66.4 Å². The summed E-state index contributed by atoms with van der Waals surface area (Å²) in [7, 11) is 0. The molecule has 0 bridgehead atoms. The van der Waals surface area contributed by atoms with E-state index in [9.17, 15) is 19.5 Å². The van der Waals surface area contributed by atoms with Gasteiger partial charge < -0.3 is 24.8 Å². The zero-order valence-electron chi connectivity index (χ0n) is 19.3. The van der Waals surface area contributed by atoms with Crippen molar-refractivity contribution in [2.75, 3.05) is 32.8 Å². The van der Waals surface area contributed by atoms with E-state index in [2.05, 4.69) is 29.6 Å². The molecule has 1 heterocycles. The number of morpholine rings is 1. The number of aliphatic carboxylic acids is 1. The van der Waals surface area contributed by atoms with Crippen LogP contribution >= 0.6 is 0 Å². The highest BCUT2D eigenvalue weighted by atomic mass is 16.5. The molecule has 0 aromatic heterocycles. The molecule has 8 heteroatoms. The van der Waals surface area contributed by atoms with E-state index in [1.807, 2.05) is 24.3 Å². The molecule has 1 unspecified atom stereocenters. The number of nitrogens with one attached hydrogen (secondary N) is 1. The van der Waals surface area contributed by atoms with E-state index in [4.69, 9.17) is 9.47 Å². The van der Waals surface area contributed by atoms with Gasteiger partial charge in [-0.25, -0.2) is 9.59 Å². The number of hydrogen-bond acceptors (Lipinski definition) is 5. The average Bonchev–Trinajstić information content (AvgIpc) is 3.16. The van der Waals surface area contributed by atoms with Gasteiger partial charge in [-0.05, 0) is 42.0 Å². The number of carboxylic acid groups (broad SMARTS) is 1. The van der Waals surface area contributed by atoms with Gasteiger partial charge in [0.2, 0.25) is 5.91 Å². The molecule has 2 aromatic rings. The van der Waals surface area contributed by atoms with Crippen LogP contribution in [0.3, 0.4) is 0 Å². The zero-order valence-corrected chi connectivity index (χ0v) is 19.3. The lowest BCUT2D eigenvalue weighted by Gasteiger charge is -2.37. The molecule has 1 aliphatic carbocycles. The predicted molar refractivity (Wildman–Crippen MR) is 125 cm³/mol. The molecule has 180 valence electrons. The Balaban J connectivity index is 1.17. The van der Waals surface area contributed by atoms with E-state index in [0.29, 0.717) is 32.4 Å². The maximum absolute atomic E-state index is 12.4. The number of carbonyl (C=O) groups excluding carboxylic acids is 2. The molecule has 0 radical (unpaired) electrons. The average molecular weight is 467 g/mol. The van der Waals surface area contributed by atoms with E-state index < -0.39 is 17.7 Å². The number of hydrogen-bond donors (Lipinski definition) is 2. The fraction of sp³-hybridized carbons (Fsp3) is 0.423. The summed E-state index contributed by atoms with van der Waals surface area (Å²) in [6.45, 7) is 2.78. The van der Waals surface area contributed by atoms with Gasteiger partial charge in [0.25, 0.3) is 0 Å². The SMILES string of the molecule is CC1(C(=O)O)CN(C(=O)CCCCNC(=O)OCC2c3ccccc3-c3ccccc32)CCO1. The van der Waals surface area contributed by atoms with Crippen molar-refractivity contribution in [1.29, 1.82) is 0 Å². The minimum Gasteiger partial charge on any atom is -0.479 e. The normalized spacial score (nSPS) is 19.3. The van der Waals surface area contributed by atoms with E-state index in [-0.39, 0.29) is 31.6 Å². The van der Waals surface area contributed by atoms with Crippen LogP contribution in [0.5, 0.6) is 0 Å². The predicted octanol–water partition coefficient (Wildman–Crippen LogP) is 3.40. The number of unbranched alkanes of at least 4 members (excludes halogenated alkanes) is 1. The second kappa shape index (κ2) is 10.3. The van der Waals surface area contributed by atoms with Crippen molar-refractivity contribution in [2.45, 2.75) is 37.7 Å². The van der Waals surface area contributed by atoms with Crippen LogP contribution in [0, 0.1) is 0 Å². The Hall–Kier alpha value is -3.39. The monoisotopic (exact) mass is 466 g/mol. The highest BCUT2D eigenvalue weighted by molar-refractivity contribution is 5.81. The van der Waals surface area contributed by atoms with E-state index in [1.165, 1.54) is 23.0 Å². The van der Waals surface area contributed by atoms with Gasteiger partial charge in [0.1, 0.15) is 6.61 Å². The Morgan fingerprint density at radius 3 is 2.38 bits per heavy atom. The van der Waals surface area contributed by atoms with E-state index >= 15 is 0 Å². The van der Waals surface area contributed by atoms with Crippen LogP contribution in [0.4, 0.5) is 4.79 Å². The van der Waals surface area contributed by atoms with Gasteiger partial charge in [0.05, 0.1) is 13.2 Å². The van der Waals surface area contributed by atoms with Crippen LogP contribution in [0.1, 0.15) is 43.2 Å². The molecular weight excluding hydrogens is 436 g/mol. The topological polar surface area (TPSA) is 105 Å². The van der Waals surface area contributed by atoms with Crippen molar-refractivity contribution >= 4 is 18.0 Å². The van der Waals surface area contributed by atoms with Crippen LogP contribution in [-0.2, 0) is 19.1 Å². The standard InChI is InChI=1S/C26H30N2O6/c1-26(24(30)31)17-28(14-15-34-26)23(29)12-6-7-13-27-25(32)33-16-22-20-10-4-2-8-18(20)19-9-3-5-11-21(19)22/h2-5,8-11,22H,6-7,12-17H2,1H3,(H,27,32)(H,30,31). The fourth-order valence-corrected chi connectivity index (χ4v) is 4.61. The fourth-order valence-electron chi connectivity index (χ4n) is 4.61. The minimum absolute atomic E-state index is 0.0146. The van der Waals surface area contributed by atoms with Crippen LogP contribution in [0.15, 0.2) is 48.5 Å². The van der Waals surface area contributed by atoms with Crippen molar-refractivity contribution in [3.05, 3.63) is 59.7 Å². The lowest BCUT2D eigenvalue weighted by molar-refractivity contribution is -0.177. The second-order valence-corrected chi connectivity index (χ2v) is 8.91. The van der Waals surface area contributed by atoms with Crippen molar-refractivity contribution in [3.8, 4) is 11.1 Å². The lowest BCUT2D eigenvalue weighted by atomic mass is 9.98. The van der Waals surface area contributed by atoms with Crippen molar-refractivity contribution in [3.63, 3.8) is 0 Å². The molecule has 0 spiro atoms. The number of ether oxygens (including phenoxy) is 2. The summed E-state index contributed by atoms with van der Waals surface area (Å²) in [5, 5.41) is 12.0. The molecule has 1 atom stereocenters. The second-order valence-electron chi connectivity index (χ2n) is 8.91. The molecular formula is C26H30N2O6. The van der Waals surface area contributed by atoms with Gasteiger partial charge in [-0.2, -0.15) is 0 Å². The van der Waals surface area contributed by atoms with Crippen LogP contribution in [0.25, 0.3) is 11.1 Å². The van der Waals surface area contributed by atoms with Gasteiger partial charge in [0.15, 0.2) is 5.60 Å². The number of nitrogens with zero attached hydrogens (tertiary/aromatic N) is 1. The van der Waals surface area contributed by atoms with Crippen LogP contribution < -0.4 is 5.32 Å². The number of amides is 2. The smallest absolute Gasteiger partial charge is 0.407 e. The first-order valence-corrected chi connectivity index (χ1v) is 11.6. The molecule has 1 saturated heterocycles. The van der Waals surface area contributed by atoms with Gasteiger partial charge in [-0.1, -0.05) is 48.5 Å². The largest absolute Gasteiger partial charge is 0.479 e. The zero-order chi connectivity index (χ0) is 24.1. The molecule has 8 nitrogen and oxygen atoms in total. The Morgan fingerprint density at radius 2 is 1.74 bits per heavy atom. The van der Waals surface area contributed by atoms with Gasteiger partial charge in [-0.15, -0.1) is 0 Å². The Morgan fingerprint density at radius 1 is 1.09 bits per heavy atom. The van der Waals surface area contributed by atoms with Crippen LogP contribution in [0.2, 0.25) is 0 Å². The van der Waals surface area contributed by atoms with Crippen molar-refractivity contribution in [2.24, 2.45) is 0 Å². The molecule has 0 saturated carbocycles. The number of benzene rings is 2. The minimum atomic E-state index is -1.36. The lowest BCUT2D eigenvalue weighted by Crippen LogP contribution is -2.56. The summed E-state index contributed by atoms with van der Waals surface area (Å²) in [4.78, 5) is 37.5. The third-order valence-electron chi connectivity index (χ3n) is 6.51. The summed E-state index contributed by atoms with van der Waals surface area (Å²) in [6.07, 6.45) is 1.03. The first kappa shape index (κ1) is 23.8. The molecule has 4 rings (SSSR count). The first-order valence-electron chi connectivity index (χ1n) is 11.6. The summed E-state index contributed by atoms with van der Waals surface area (Å²) in [5.74, 6) is -1.16. The Bertz CT molecular complexity index is 1030. The summed E-state index contributed by atoms with van der Waals surface area (Å²) < 4.78 is 10.8. The summed E-state index contributed by atoms with van der Waals surface area (Å²) in [6, 6.07) is 16.4. The number of fused-ring (bicyclic) bond motifs is 3. The Kier molecular flexibility index (Phi) is 7.17. The number of carboxylic acids is 1. The summed E-state index contributed by atoms with van der Waals surface area (Å²) in [5.41, 5.74) is 3.33. The highest BCUT2D eigenvalue weighted by Crippen LogP contribution is 2.44. The molecule has 2 amide bonds. The quantitative estimate of drug-likeness (QED) is 0.578. The van der Waals surface area contributed by atoms with Gasteiger partial charge in [-0.3, -0.25) is 4.79 Å². The van der Waals surface area contributed by atoms with Crippen molar-refractivity contribution < 1.29 is 29.0 Å². The van der Waals surface area contributed by atoms with Gasteiger partial charge >= 0.3 is 12.1 Å². The maximum atomic E-state index is 12.4. The molecule has 34 heavy (non-hydrogen) atoms. The van der Waals surface area contributed by atoms with Gasteiger partial charge in [0, 0.05) is 25.4 Å². The maximum Gasteiger partial charge on any atom is 0.407 e. The Labute approximate surface area is 198 Å².